The van der Waals surface area contributed by atoms with Crippen molar-refractivity contribution in [3.8, 4) is 0 Å². The summed E-state index contributed by atoms with van der Waals surface area (Å²) < 4.78 is 0. The van der Waals surface area contributed by atoms with Gasteiger partial charge < -0.3 is 10.0 Å². The second-order valence-electron chi connectivity index (χ2n) is 3.25. The van der Waals surface area contributed by atoms with Gasteiger partial charge in [-0.1, -0.05) is 6.07 Å². The molecule has 1 aromatic rings. The molecule has 2 rings (SSSR count). The fourth-order valence-corrected chi connectivity index (χ4v) is 1.90. The highest BCUT2D eigenvalue weighted by Crippen LogP contribution is 2.12. The Morgan fingerprint density at radius 3 is 3.00 bits per heavy atom. The molecule has 1 N–H and O–H groups in total. The van der Waals surface area contributed by atoms with Crippen molar-refractivity contribution in [2.24, 2.45) is 0 Å². The van der Waals surface area contributed by atoms with Gasteiger partial charge in [-0.2, -0.15) is 0 Å². The summed E-state index contributed by atoms with van der Waals surface area (Å²) in [7, 11) is 0. The van der Waals surface area contributed by atoms with Gasteiger partial charge in [0.2, 0.25) is 5.91 Å². The van der Waals surface area contributed by atoms with Crippen molar-refractivity contribution < 1.29 is 9.90 Å². The molecule has 0 saturated carbocycles. The lowest BCUT2D eigenvalue weighted by atomic mass is 10.1. The second-order valence-corrected chi connectivity index (χ2v) is 4.23. The Morgan fingerprint density at radius 1 is 1.64 bits per heavy atom. The van der Waals surface area contributed by atoms with Crippen LogP contribution in [-0.2, 0) is 4.79 Å². The number of β-amino-alcohol motifs (C(OH)–C–C–N with tert-alkyl or cyclic N) is 1. The maximum absolute atomic E-state index is 11.4. The molecule has 1 amide bonds. The molecule has 2 heterocycles. The van der Waals surface area contributed by atoms with Crippen molar-refractivity contribution in [1.82, 2.24) is 4.90 Å². The predicted molar refractivity (Wildman–Crippen MR) is 55.9 cm³/mol. The van der Waals surface area contributed by atoms with E-state index in [1.54, 1.807) is 28.4 Å². The van der Waals surface area contributed by atoms with E-state index in [1.807, 2.05) is 17.5 Å². The molecule has 1 aromatic heterocycles. The van der Waals surface area contributed by atoms with Crippen LogP contribution in [0.3, 0.4) is 0 Å². The van der Waals surface area contributed by atoms with Crippen molar-refractivity contribution in [3.63, 3.8) is 0 Å². The Balaban J connectivity index is 1.89. The molecule has 0 aromatic carbocycles. The zero-order valence-corrected chi connectivity index (χ0v) is 8.41. The fraction of sp³-hybridized carbons (Fsp3) is 0.300. The molecule has 1 aliphatic rings. The molecular formula is C10H11NO2S. The number of rotatable bonds is 2. The Bertz CT molecular complexity index is 339. The van der Waals surface area contributed by atoms with Crippen molar-refractivity contribution >= 4 is 23.3 Å². The Morgan fingerprint density at radius 2 is 2.43 bits per heavy atom. The first-order valence-corrected chi connectivity index (χ1v) is 5.32. The van der Waals surface area contributed by atoms with E-state index in [-0.39, 0.29) is 12.0 Å². The normalized spacial score (nSPS) is 17.4. The monoisotopic (exact) mass is 209 g/mol. The number of hydrogen-bond donors (Lipinski definition) is 1. The number of amides is 1. The number of carbonyl (C=O) groups is 1. The molecule has 0 bridgehead atoms. The zero-order valence-electron chi connectivity index (χ0n) is 7.59. The van der Waals surface area contributed by atoms with Gasteiger partial charge in [-0.15, -0.1) is 11.3 Å². The molecule has 3 nitrogen and oxygen atoms in total. The first-order valence-electron chi connectivity index (χ1n) is 4.44. The van der Waals surface area contributed by atoms with Gasteiger partial charge in [0.05, 0.1) is 6.10 Å². The highest BCUT2D eigenvalue weighted by molar-refractivity contribution is 7.10. The number of nitrogens with zero attached hydrogens (tertiary/aromatic N) is 1. The molecule has 1 saturated heterocycles. The highest BCUT2D eigenvalue weighted by Gasteiger charge is 2.26. The van der Waals surface area contributed by atoms with E-state index in [0.29, 0.717) is 13.1 Å². The minimum atomic E-state index is -0.325. The van der Waals surface area contributed by atoms with Gasteiger partial charge in [0.15, 0.2) is 0 Å². The maximum atomic E-state index is 11.4. The van der Waals surface area contributed by atoms with E-state index < -0.39 is 0 Å². The Labute approximate surface area is 86.3 Å². The molecule has 0 spiro atoms. The molecular weight excluding hydrogens is 198 g/mol. The lowest BCUT2D eigenvalue weighted by Crippen LogP contribution is -2.52. The summed E-state index contributed by atoms with van der Waals surface area (Å²) in [6, 6.07) is 3.90. The Kier molecular flexibility index (Phi) is 2.65. The van der Waals surface area contributed by atoms with E-state index in [0.717, 1.165) is 4.88 Å². The lowest BCUT2D eigenvalue weighted by molar-refractivity contribution is -0.135. The number of aliphatic hydroxyl groups is 1. The van der Waals surface area contributed by atoms with Crippen LogP contribution in [0, 0.1) is 0 Å². The Hall–Kier alpha value is -1.13. The molecule has 1 aliphatic heterocycles. The summed E-state index contributed by atoms with van der Waals surface area (Å²) in [5.41, 5.74) is 0. The largest absolute Gasteiger partial charge is 0.389 e. The SMILES string of the molecule is O=C(C=Cc1cccs1)N1CC(O)C1. The summed E-state index contributed by atoms with van der Waals surface area (Å²) >= 11 is 1.60. The van der Waals surface area contributed by atoms with Crippen LogP contribution in [0.4, 0.5) is 0 Å². The third-order valence-corrected chi connectivity index (χ3v) is 2.94. The van der Waals surface area contributed by atoms with E-state index >= 15 is 0 Å². The van der Waals surface area contributed by atoms with Crippen LogP contribution >= 0.6 is 11.3 Å². The third-order valence-electron chi connectivity index (χ3n) is 2.11. The van der Waals surface area contributed by atoms with Crippen LogP contribution in [0.5, 0.6) is 0 Å². The first-order chi connectivity index (χ1) is 6.75. The van der Waals surface area contributed by atoms with Crippen molar-refractivity contribution in [2.45, 2.75) is 6.10 Å². The molecule has 74 valence electrons. The van der Waals surface area contributed by atoms with Crippen LogP contribution in [-0.4, -0.2) is 35.1 Å². The minimum absolute atomic E-state index is 0.0244. The van der Waals surface area contributed by atoms with Gasteiger partial charge in [0, 0.05) is 24.0 Å². The summed E-state index contributed by atoms with van der Waals surface area (Å²) in [6.45, 7) is 0.932. The van der Waals surface area contributed by atoms with E-state index in [4.69, 9.17) is 5.11 Å². The quantitative estimate of drug-likeness (QED) is 0.737. The standard InChI is InChI=1S/C10H11NO2S/c12-8-6-11(7-8)10(13)4-3-9-2-1-5-14-9/h1-5,8,12H,6-7H2. The minimum Gasteiger partial charge on any atom is -0.389 e. The van der Waals surface area contributed by atoms with Crippen LogP contribution in [0.2, 0.25) is 0 Å². The predicted octanol–water partition coefficient (Wildman–Crippen LogP) is 0.964. The molecule has 0 unspecified atom stereocenters. The molecule has 4 heteroatoms. The van der Waals surface area contributed by atoms with Crippen LogP contribution in [0.15, 0.2) is 23.6 Å². The van der Waals surface area contributed by atoms with E-state index in [1.165, 1.54) is 0 Å². The number of hydrogen-bond acceptors (Lipinski definition) is 3. The summed E-state index contributed by atoms with van der Waals surface area (Å²) in [6.07, 6.45) is 3.03. The first kappa shape index (κ1) is 9.43. The molecule has 0 aliphatic carbocycles. The topological polar surface area (TPSA) is 40.5 Å². The van der Waals surface area contributed by atoms with Gasteiger partial charge >= 0.3 is 0 Å². The molecule has 0 radical (unpaired) electrons. The molecule has 1 fully saturated rings. The third kappa shape index (κ3) is 2.02. The van der Waals surface area contributed by atoms with E-state index in [2.05, 4.69) is 0 Å². The number of thiophene rings is 1. The average Bonchev–Trinajstić information content (AvgIpc) is 2.61. The summed E-state index contributed by atoms with van der Waals surface area (Å²) in [5, 5.41) is 11.0. The number of carbonyl (C=O) groups excluding carboxylic acids is 1. The smallest absolute Gasteiger partial charge is 0.246 e. The summed E-state index contributed by atoms with van der Waals surface area (Å²) in [5.74, 6) is -0.0244. The van der Waals surface area contributed by atoms with Gasteiger partial charge in [-0.3, -0.25) is 4.79 Å². The highest BCUT2D eigenvalue weighted by atomic mass is 32.1. The van der Waals surface area contributed by atoms with Crippen LogP contribution in [0.1, 0.15) is 4.88 Å². The van der Waals surface area contributed by atoms with Crippen LogP contribution < -0.4 is 0 Å². The zero-order chi connectivity index (χ0) is 9.97. The van der Waals surface area contributed by atoms with Crippen molar-refractivity contribution in [3.05, 3.63) is 28.5 Å². The maximum Gasteiger partial charge on any atom is 0.246 e. The number of likely N-dealkylation sites (tertiary alicyclic amines) is 1. The average molecular weight is 209 g/mol. The second kappa shape index (κ2) is 3.94. The summed E-state index contributed by atoms with van der Waals surface area (Å²) in [4.78, 5) is 14.1. The van der Waals surface area contributed by atoms with Gasteiger partial charge in [-0.25, -0.2) is 0 Å². The van der Waals surface area contributed by atoms with Gasteiger partial charge in [0.1, 0.15) is 0 Å². The van der Waals surface area contributed by atoms with Crippen molar-refractivity contribution in [1.29, 1.82) is 0 Å². The van der Waals surface area contributed by atoms with Crippen molar-refractivity contribution in [2.75, 3.05) is 13.1 Å². The van der Waals surface area contributed by atoms with Crippen LogP contribution in [0.25, 0.3) is 6.08 Å². The molecule has 14 heavy (non-hydrogen) atoms. The number of aliphatic hydroxyl groups excluding tert-OH is 1. The molecule has 0 atom stereocenters. The van der Waals surface area contributed by atoms with Gasteiger partial charge in [-0.05, 0) is 17.5 Å². The fourth-order valence-electron chi connectivity index (χ4n) is 1.28. The van der Waals surface area contributed by atoms with Gasteiger partial charge in [0.25, 0.3) is 0 Å². The van der Waals surface area contributed by atoms with E-state index in [9.17, 15) is 4.79 Å². The lowest BCUT2D eigenvalue weighted by Gasteiger charge is -2.34.